The summed E-state index contributed by atoms with van der Waals surface area (Å²) in [7, 11) is 0. The van der Waals surface area contributed by atoms with Crippen molar-refractivity contribution in [3.8, 4) is 0 Å². The van der Waals surface area contributed by atoms with Gasteiger partial charge in [-0.3, -0.25) is 0 Å². The van der Waals surface area contributed by atoms with Crippen LogP contribution in [-0.4, -0.2) is 11.7 Å². The summed E-state index contributed by atoms with van der Waals surface area (Å²) in [6.07, 6.45) is 0. The van der Waals surface area contributed by atoms with Gasteiger partial charge in [0, 0.05) is 5.56 Å². The van der Waals surface area contributed by atoms with Crippen LogP contribution in [0.2, 0.25) is 0 Å². The van der Waals surface area contributed by atoms with E-state index in [1.807, 2.05) is 13.8 Å². The molecule has 0 saturated carbocycles. The zero-order chi connectivity index (χ0) is 9.30. The second kappa shape index (κ2) is 3.60. The monoisotopic (exact) mass is 233 g/mol. The molecule has 1 unspecified atom stereocenters. The van der Waals surface area contributed by atoms with E-state index in [9.17, 15) is 0 Å². The molecule has 0 aromatic carbocycles. The number of hydrogen-bond donors (Lipinski definition) is 2. The minimum absolute atomic E-state index is 0.0970. The van der Waals surface area contributed by atoms with E-state index in [4.69, 9.17) is 15.3 Å². The minimum atomic E-state index is -0.421. The maximum absolute atomic E-state index is 8.81. The number of aliphatic hydroxyl groups is 1. The third-order valence-corrected chi connectivity index (χ3v) is 2.96. The van der Waals surface area contributed by atoms with Gasteiger partial charge in [-0.15, -0.1) is 0 Å². The van der Waals surface area contributed by atoms with Crippen molar-refractivity contribution in [1.82, 2.24) is 0 Å². The van der Waals surface area contributed by atoms with Crippen LogP contribution in [0.1, 0.15) is 23.1 Å². The normalized spacial score (nSPS) is 13.4. The molecule has 1 atom stereocenters. The first kappa shape index (κ1) is 9.77. The maximum Gasteiger partial charge on any atom is 0.127 e. The van der Waals surface area contributed by atoms with E-state index in [0.29, 0.717) is 5.76 Å². The lowest BCUT2D eigenvalue weighted by molar-refractivity contribution is 0.250. The van der Waals surface area contributed by atoms with Gasteiger partial charge in [-0.25, -0.2) is 0 Å². The summed E-state index contributed by atoms with van der Waals surface area (Å²) < 4.78 is 6.30. The van der Waals surface area contributed by atoms with Crippen molar-refractivity contribution in [2.45, 2.75) is 19.9 Å². The molecular weight excluding hydrogens is 222 g/mol. The summed E-state index contributed by atoms with van der Waals surface area (Å²) in [6.45, 7) is 3.66. The average Bonchev–Trinajstić information content (AvgIpc) is 2.32. The van der Waals surface area contributed by atoms with E-state index < -0.39 is 6.04 Å². The van der Waals surface area contributed by atoms with Gasteiger partial charge in [0.1, 0.15) is 11.5 Å². The van der Waals surface area contributed by atoms with Crippen molar-refractivity contribution in [1.29, 1.82) is 0 Å². The highest BCUT2D eigenvalue weighted by Crippen LogP contribution is 2.29. The van der Waals surface area contributed by atoms with Crippen molar-refractivity contribution in [2.24, 2.45) is 5.73 Å². The van der Waals surface area contributed by atoms with Crippen molar-refractivity contribution in [3.05, 3.63) is 21.6 Å². The van der Waals surface area contributed by atoms with Crippen LogP contribution >= 0.6 is 15.9 Å². The zero-order valence-electron chi connectivity index (χ0n) is 7.10. The van der Waals surface area contributed by atoms with Gasteiger partial charge < -0.3 is 15.3 Å². The molecule has 1 aromatic rings. The first-order valence-corrected chi connectivity index (χ1v) is 4.49. The zero-order valence-corrected chi connectivity index (χ0v) is 8.68. The third kappa shape index (κ3) is 1.55. The minimum Gasteiger partial charge on any atom is -0.463 e. The topological polar surface area (TPSA) is 59.4 Å². The number of nitrogens with two attached hydrogens (primary N) is 1. The number of hydrogen-bond acceptors (Lipinski definition) is 3. The average molecular weight is 234 g/mol. The van der Waals surface area contributed by atoms with E-state index in [0.717, 1.165) is 15.8 Å². The van der Waals surface area contributed by atoms with Crippen LogP contribution < -0.4 is 5.73 Å². The molecule has 1 rings (SSSR count). The van der Waals surface area contributed by atoms with Crippen LogP contribution in [0.5, 0.6) is 0 Å². The molecule has 0 spiro atoms. The molecule has 1 heterocycles. The molecular formula is C8H12BrNO2. The molecule has 12 heavy (non-hydrogen) atoms. The van der Waals surface area contributed by atoms with Crippen LogP contribution in [-0.2, 0) is 0 Å². The summed E-state index contributed by atoms with van der Waals surface area (Å²) in [6, 6.07) is -0.421. The van der Waals surface area contributed by atoms with E-state index in [2.05, 4.69) is 15.9 Å². The van der Waals surface area contributed by atoms with Gasteiger partial charge in [0.15, 0.2) is 0 Å². The van der Waals surface area contributed by atoms with Gasteiger partial charge >= 0.3 is 0 Å². The second-order valence-electron chi connectivity index (χ2n) is 2.75. The number of aliphatic hydroxyl groups excluding tert-OH is 1. The van der Waals surface area contributed by atoms with Gasteiger partial charge in [0.2, 0.25) is 0 Å². The Morgan fingerprint density at radius 2 is 2.17 bits per heavy atom. The Morgan fingerprint density at radius 3 is 2.50 bits per heavy atom. The Hall–Kier alpha value is -0.320. The third-order valence-electron chi connectivity index (χ3n) is 1.80. The molecule has 0 radical (unpaired) electrons. The molecule has 4 heteroatoms. The standard InChI is InChI=1S/C8H12BrNO2/c1-4-7(9)5(2)12-8(4)6(10)3-11/h6,11H,3,10H2,1-2H3. The number of furan rings is 1. The fourth-order valence-electron chi connectivity index (χ4n) is 1.10. The van der Waals surface area contributed by atoms with Gasteiger partial charge in [-0.2, -0.15) is 0 Å². The number of aryl methyl sites for hydroxylation is 1. The Labute approximate surface area is 79.7 Å². The molecule has 0 amide bonds. The van der Waals surface area contributed by atoms with Crippen molar-refractivity contribution in [3.63, 3.8) is 0 Å². The van der Waals surface area contributed by atoms with Crippen LogP contribution in [0.4, 0.5) is 0 Å². The maximum atomic E-state index is 8.81. The molecule has 0 aliphatic heterocycles. The van der Waals surface area contributed by atoms with Crippen LogP contribution in [0, 0.1) is 13.8 Å². The highest BCUT2D eigenvalue weighted by Gasteiger charge is 2.16. The van der Waals surface area contributed by atoms with Gasteiger partial charge in [0.05, 0.1) is 17.1 Å². The molecule has 0 bridgehead atoms. The Bertz CT molecular complexity index is 283. The second-order valence-corrected chi connectivity index (χ2v) is 3.54. The van der Waals surface area contributed by atoms with Gasteiger partial charge in [0.25, 0.3) is 0 Å². The summed E-state index contributed by atoms with van der Waals surface area (Å²) in [5, 5.41) is 8.81. The summed E-state index contributed by atoms with van der Waals surface area (Å²) in [4.78, 5) is 0. The lowest BCUT2D eigenvalue weighted by Gasteiger charge is -2.04. The van der Waals surface area contributed by atoms with Crippen molar-refractivity contribution >= 4 is 15.9 Å². The highest BCUT2D eigenvalue weighted by atomic mass is 79.9. The first-order chi connectivity index (χ1) is 5.57. The fraction of sp³-hybridized carbons (Fsp3) is 0.500. The van der Waals surface area contributed by atoms with E-state index in [-0.39, 0.29) is 6.61 Å². The largest absolute Gasteiger partial charge is 0.463 e. The fourth-order valence-corrected chi connectivity index (χ4v) is 1.37. The molecule has 0 fully saturated rings. The summed E-state index contributed by atoms with van der Waals surface area (Å²) in [5.41, 5.74) is 6.58. The van der Waals surface area contributed by atoms with Crippen LogP contribution in [0.15, 0.2) is 8.89 Å². The van der Waals surface area contributed by atoms with E-state index in [1.165, 1.54) is 0 Å². The molecule has 1 aromatic heterocycles. The van der Waals surface area contributed by atoms with Gasteiger partial charge in [-0.05, 0) is 29.8 Å². The van der Waals surface area contributed by atoms with Crippen molar-refractivity contribution < 1.29 is 9.52 Å². The van der Waals surface area contributed by atoms with E-state index in [1.54, 1.807) is 0 Å². The predicted octanol–water partition coefficient (Wildman–Crippen LogP) is 1.65. The lowest BCUT2D eigenvalue weighted by Crippen LogP contribution is -2.14. The SMILES string of the molecule is Cc1oc(C(N)CO)c(C)c1Br. The van der Waals surface area contributed by atoms with Gasteiger partial charge in [-0.1, -0.05) is 0 Å². The molecule has 0 aliphatic rings. The Balaban J connectivity index is 3.08. The summed E-state index contributed by atoms with van der Waals surface area (Å²) in [5.74, 6) is 1.45. The van der Waals surface area contributed by atoms with Crippen LogP contribution in [0.25, 0.3) is 0 Å². The number of halogens is 1. The quantitative estimate of drug-likeness (QED) is 0.817. The molecule has 0 aliphatic carbocycles. The first-order valence-electron chi connectivity index (χ1n) is 3.69. The predicted molar refractivity (Wildman–Crippen MR) is 49.9 cm³/mol. The molecule has 3 N–H and O–H groups in total. The lowest BCUT2D eigenvalue weighted by atomic mass is 10.2. The van der Waals surface area contributed by atoms with Crippen LogP contribution in [0.3, 0.4) is 0 Å². The van der Waals surface area contributed by atoms with Crippen molar-refractivity contribution in [2.75, 3.05) is 6.61 Å². The Kier molecular flexibility index (Phi) is 2.93. The number of rotatable bonds is 2. The Morgan fingerprint density at radius 1 is 1.58 bits per heavy atom. The highest BCUT2D eigenvalue weighted by molar-refractivity contribution is 9.10. The molecule has 0 saturated heterocycles. The molecule has 68 valence electrons. The smallest absolute Gasteiger partial charge is 0.127 e. The molecule has 3 nitrogen and oxygen atoms in total. The van der Waals surface area contributed by atoms with E-state index >= 15 is 0 Å². The summed E-state index contributed by atoms with van der Waals surface area (Å²) >= 11 is 3.37.